The summed E-state index contributed by atoms with van der Waals surface area (Å²) in [7, 11) is -3.24. The molecule has 35 heavy (non-hydrogen) atoms. The Morgan fingerprint density at radius 1 is 1.14 bits per heavy atom. The van der Waals surface area contributed by atoms with Crippen LogP contribution in [0.2, 0.25) is 0 Å². The van der Waals surface area contributed by atoms with Crippen molar-refractivity contribution in [2.45, 2.75) is 43.5 Å². The summed E-state index contributed by atoms with van der Waals surface area (Å²) >= 11 is 0. The van der Waals surface area contributed by atoms with Gasteiger partial charge in [0, 0.05) is 31.5 Å². The van der Waals surface area contributed by atoms with Crippen LogP contribution in [0.25, 0.3) is 11.1 Å². The highest BCUT2D eigenvalue weighted by Gasteiger charge is 2.62. The Balaban J connectivity index is 1.57. The highest BCUT2D eigenvalue weighted by molar-refractivity contribution is 7.90. The maximum Gasteiger partial charge on any atom is 0.356 e. The fraction of sp³-hybridized carbons (Fsp3) is 0.480. The van der Waals surface area contributed by atoms with Gasteiger partial charge in [-0.3, -0.25) is 0 Å². The molecule has 3 aliphatic rings. The molecule has 2 fully saturated rings. The van der Waals surface area contributed by atoms with E-state index in [0.717, 1.165) is 16.7 Å². The Kier molecular flexibility index (Phi) is 5.79. The molecule has 7 nitrogen and oxygen atoms in total. The van der Waals surface area contributed by atoms with Gasteiger partial charge in [0.2, 0.25) is 0 Å². The van der Waals surface area contributed by atoms with Crippen LogP contribution in [0.4, 0.5) is 13.6 Å². The van der Waals surface area contributed by atoms with Gasteiger partial charge in [0.05, 0.1) is 18.6 Å². The Bertz CT molecular complexity index is 1240. The molecule has 188 valence electrons. The quantitative estimate of drug-likeness (QED) is 0.690. The number of likely N-dealkylation sites (N-methyl/N-ethyl adjacent to an activating group) is 1. The average Bonchev–Trinajstić information content (AvgIpc) is 3.53. The highest BCUT2D eigenvalue weighted by atomic mass is 32.2. The molecule has 2 aromatic rings. The highest BCUT2D eigenvalue weighted by Crippen LogP contribution is 2.56. The van der Waals surface area contributed by atoms with Gasteiger partial charge in [0.25, 0.3) is 10.0 Å². The number of halogens is 2. The molecule has 10 heteroatoms. The van der Waals surface area contributed by atoms with Crippen LogP contribution in [0.15, 0.2) is 48.5 Å². The summed E-state index contributed by atoms with van der Waals surface area (Å²) in [4.78, 5) is 16.7. The summed E-state index contributed by atoms with van der Waals surface area (Å²) in [6, 6.07) is 13.8. The first-order valence-electron chi connectivity index (χ1n) is 11.7. The minimum Gasteiger partial charge on any atom is -0.491 e. The normalized spacial score (nSPS) is 24.1. The number of carbonyl (C=O) groups excluding carboxylic acids is 1. The van der Waals surface area contributed by atoms with Crippen molar-refractivity contribution in [3.63, 3.8) is 0 Å². The number of carbonyl (C=O) groups is 1. The molecule has 2 atom stereocenters. The van der Waals surface area contributed by atoms with E-state index in [4.69, 9.17) is 4.74 Å². The lowest BCUT2D eigenvalue weighted by atomic mass is 9.91. The number of fused-ring (bicyclic) bond motifs is 5. The molecule has 0 radical (unpaired) electrons. The molecule has 1 aliphatic carbocycles. The molecule has 5 rings (SSSR count). The average molecular weight is 506 g/mol. The van der Waals surface area contributed by atoms with Gasteiger partial charge >= 0.3 is 11.3 Å². The van der Waals surface area contributed by atoms with Gasteiger partial charge in [-0.15, -0.1) is 0 Å². The van der Waals surface area contributed by atoms with Crippen LogP contribution in [0.5, 0.6) is 5.75 Å². The predicted octanol–water partition coefficient (Wildman–Crippen LogP) is 3.71. The number of hydrogen-bond donors (Lipinski definition) is 1. The summed E-state index contributed by atoms with van der Waals surface area (Å²) in [5.74, 6) is 0.706. The summed E-state index contributed by atoms with van der Waals surface area (Å²) in [5, 5.41) is -3.93. The first-order valence-corrected chi connectivity index (χ1v) is 13.2. The lowest BCUT2D eigenvalue weighted by Crippen LogP contribution is -2.54. The number of nitrogens with zero attached hydrogens (tertiary/aromatic N) is 2. The maximum atomic E-state index is 14.0. The molecule has 2 aliphatic heterocycles. The molecule has 1 N–H and O–H groups in total. The van der Waals surface area contributed by atoms with Crippen LogP contribution >= 0.6 is 0 Å². The predicted molar refractivity (Wildman–Crippen MR) is 128 cm³/mol. The third kappa shape index (κ3) is 4.38. The molecule has 2 aromatic carbocycles. The third-order valence-electron chi connectivity index (χ3n) is 7.40. The van der Waals surface area contributed by atoms with E-state index in [9.17, 15) is 22.0 Å². The number of nitrogens with one attached hydrogen (secondary N) is 1. The number of rotatable bonds is 3. The van der Waals surface area contributed by atoms with Crippen molar-refractivity contribution in [2.24, 2.45) is 5.41 Å². The van der Waals surface area contributed by atoms with E-state index in [1.165, 1.54) is 0 Å². The zero-order valence-electron chi connectivity index (χ0n) is 19.7. The summed E-state index contributed by atoms with van der Waals surface area (Å²) < 4.78 is 61.2. The van der Waals surface area contributed by atoms with E-state index in [0.29, 0.717) is 45.0 Å². The van der Waals surface area contributed by atoms with Gasteiger partial charge in [-0.2, -0.15) is 8.78 Å². The molecular formula is C25H29F2N3O4S. The standard InChI is InChI=1S/C25H29F2N3O4S/c1-24(26,27)35(32,33)28-22-20-15-17-6-5-7-18(14-17)19-8-3-4-9-21(19)34-13-12-29(2)23(31)30(20)16-25(22)10-11-25/h3-9,14,20,22,28H,10-13,15-16H2,1-2H3. The molecular weight excluding hydrogens is 476 g/mol. The van der Waals surface area contributed by atoms with E-state index in [2.05, 4.69) is 4.72 Å². The van der Waals surface area contributed by atoms with E-state index in [1.54, 1.807) is 16.8 Å². The number of para-hydroxylation sites is 1. The first-order chi connectivity index (χ1) is 16.5. The summed E-state index contributed by atoms with van der Waals surface area (Å²) in [6.07, 6.45) is 1.69. The van der Waals surface area contributed by atoms with Gasteiger partial charge in [-0.05, 0) is 36.5 Å². The van der Waals surface area contributed by atoms with E-state index < -0.39 is 32.8 Å². The van der Waals surface area contributed by atoms with Gasteiger partial charge in [0.1, 0.15) is 12.4 Å². The topological polar surface area (TPSA) is 79.0 Å². The van der Waals surface area contributed by atoms with Crippen molar-refractivity contribution in [3.8, 4) is 16.9 Å². The van der Waals surface area contributed by atoms with Crippen molar-refractivity contribution in [3.05, 3.63) is 54.1 Å². The van der Waals surface area contributed by atoms with Crippen LogP contribution in [-0.2, 0) is 16.4 Å². The van der Waals surface area contributed by atoms with Gasteiger partial charge in [-0.25, -0.2) is 17.9 Å². The molecule has 0 aromatic heterocycles. The zero-order chi connectivity index (χ0) is 25.0. The molecule has 1 saturated carbocycles. The number of urea groups is 1. The van der Waals surface area contributed by atoms with Gasteiger partial charge in [0.15, 0.2) is 0 Å². The minimum absolute atomic E-state index is 0.265. The molecule has 2 amide bonds. The first kappa shape index (κ1) is 24.0. The van der Waals surface area contributed by atoms with Gasteiger partial charge in [-0.1, -0.05) is 42.5 Å². The summed E-state index contributed by atoms with van der Waals surface area (Å²) in [6.45, 7) is 1.31. The Hall–Kier alpha value is -2.72. The number of ether oxygens (including phenoxy) is 1. The largest absolute Gasteiger partial charge is 0.491 e. The molecule has 1 spiro atoms. The number of hydrogen-bond acceptors (Lipinski definition) is 4. The second-order valence-corrected chi connectivity index (χ2v) is 11.9. The molecule has 2 heterocycles. The van der Waals surface area contributed by atoms with Crippen LogP contribution in [0.3, 0.4) is 0 Å². The second kappa shape index (κ2) is 8.44. The third-order valence-corrected chi connectivity index (χ3v) is 8.91. The zero-order valence-corrected chi connectivity index (χ0v) is 20.5. The molecule has 1 saturated heterocycles. The van der Waals surface area contributed by atoms with Gasteiger partial charge < -0.3 is 14.5 Å². The van der Waals surface area contributed by atoms with Crippen molar-refractivity contribution in [1.82, 2.24) is 14.5 Å². The fourth-order valence-electron chi connectivity index (χ4n) is 5.23. The maximum absolute atomic E-state index is 14.0. The van der Waals surface area contributed by atoms with Crippen LogP contribution in [0.1, 0.15) is 25.3 Å². The molecule has 2 unspecified atom stereocenters. The Labute approximate surface area is 204 Å². The Morgan fingerprint density at radius 3 is 2.60 bits per heavy atom. The SMILES string of the molecule is CN1CCOc2ccccc2-c2cccc(c2)CC2C(NS(=O)(=O)C(C)(F)F)C3(CC3)CN2C1=O. The van der Waals surface area contributed by atoms with Crippen molar-refractivity contribution >= 4 is 16.1 Å². The lowest BCUT2D eigenvalue weighted by Gasteiger charge is -2.32. The Morgan fingerprint density at radius 2 is 1.89 bits per heavy atom. The van der Waals surface area contributed by atoms with Crippen LogP contribution < -0.4 is 9.46 Å². The van der Waals surface area contributed by atoms with Crippen LogP contribution in [0, 0.1) is 5.41 Å². The smallest absolute Gasteiger partial charge is 0.356 e. The lowest BCUT2D eigenvalue weighted by molar-refractivity contribution is 0.111. The minimum atomic E-state index is -4.91. The number of benzene rings is 2. The number of amides is 2. The number of sulfonamides is 1. The van der Waals surface area contributed by atoms with Crippen molar-refractivity contribution in [1.29, 1.82) is 0 Å². The fourth-order valence-corrected chi connectivity index (χ4v) is 6.18. The number of alkyl halides is 2. The van der Waals surface area contributed by atoms with Crippen LogP contribution in [-0.4, -0.2) is 68.3 Å². The van der Waals surface area contributed by atoms with E-state index in [-0.39, 0.29) is 12.6 Å². The summed E-state index contributed by atoms with van der Waals surface area (Å²) in [5.41, 5.74) is 2.19. The molecule has 2 bridgehead atoms. The van der Waals surface area contributed by atoms with E-state index in [1.807, 2.05) is 48.5 Å². The van der Waals surface area contributed by atoms with E-state index >= 15 is 0 Å². The van der Waals surface area contributed by atoms with Crippen molar-refractivity contribution in [2.75, 3.05) is 26.7 Å². The second-order valence-electron chi connectivity index (χ2n) is 9.92. The van der Waals surface area contributed by atoms with Crippen molar-refractivity contribution < 1.29 is 26.7 Å². The monoisotopic (exact) mass is 505 g/mol.